The fourth-order valence-corrected chi connectivity index (χ4v) is 12.2. The van der Waals surface area contributed by atoms with Crippen LogP contribution in [0.15, 0.2) is 109 Å². The van der Waals surface area contributed by atoms with Gasteiger partial charge in [-0.3, -0.25) is 9.97 Å². The molecule has 2 atom stereocenters. The Bertz CT molecular complexity index is 3490. The molecule has 14 nitrogen and oxygen atoms in total. The Balaban J connectivity index is 0.000000162. The number of hydrogen-bond acceptors (Lipinski definition) is 10. The Morgan fingerprint density at radius 2 is 0.934 bits per heavy atom. The SMILES string of the molecule is Cc1nnn(C)c1-c1cnc2c3ccc(C(C)(C)O)cc3n(C(c3cccc(Cl)c3)C3CCOCC3)c2c1.Cc1nnn(C)c1-c1cnc2c3ccc(C(C)(C)O)cc3n(C(c3cccc(Cl)c3)C3CCOCC3)c2c1. The van der Waals surface area contributed by atoms with Crippen LogP contribution in [0, 0.1) is 25.7 Å². The molecule has 16 heteroatoms. The van der Waals surface area contributed by atoms with Crippen LogP contribution in [0.2, 0.25) is 10.0 Å². The number of ether oxygens (including phenoxy) is 2. The number of benzene rings is 4. The van der Waals surface area contributed by atoms with Gasteiger partial charge in [-0.1, -0.05) is 82.2 Å². The minimum Gasteiger partial charge on any atom is -0.386 e. The average molecular weight is 1060 g/mol. The zero-order valence-electron chi connectivity index (χ0n) is 44.3. The first-order chi connectivity index (χ1) is 36.4. The van der Waals surface area contributed by atoms with Gasteiger partial charge in [0.1, 0.15) is 0 Å². The number of halogens is 2. The third kappa shape index (κ3) is 9.69. The molecule has 4 aromatic carbocycles. The summed E-state index contributed by atoms with van der Waals surface area (Å²) in [6, 6.07) is 33.2. The number of aliphatic hydroxyl groups is 2. The summed E-state index contributed by atoms with van der Waals surface area (Å²) in [6.45, 7) is 14.2. The van der Waals surface area contributed by atoms with Gasteiger partial charge in [0.25, 0.3) is 0 Å². The highest BCUT2D eigenvalue weighted by molar-refractivity contribution is 6.31. The van der Waals surface area contributed by atoms with Crippen molar-refractivity contribution in [2.24, 2.45) is 25.9 Å². The van der Waals surface area contributed by atoms with Crippen LogP contribution in [0.3, 0.4) is 0 Å². The van der Waals surface area contributed by atoms with Gasteiger partial charge in [0.05, 0.1) is 79.2 Å². The van der Waals surface area contributed by atoms with Gasteiger partial charge in [-0.05, 0) is 150 Å². The fourth-order valence-electron chi connectivity index (χ4n) is 11.9. The second-order valence-electron chi connectivity index (χ2n) is 21.7. The van der Waals surface area contributed by atoms with E-state index in [2.05, 4.69) is 90.4 Å². The van der Waals surface area contributed by atoms with Crippen LogP contribution < -0.4 is 0 Å². The quantitative estimate of drug-likeness (QED) is 0.135. The molecule has 76 heavy (non-hydrogen) atoms. The van der Waals surface area contributed by atoms with Gasteiger partial charge >= 0.3 is 0 Å². The standard InChI is InChI=1S/2C30H32ClN5O2/c2*1-18-28(35(4)34-33-18)21-15-26-27(32-17-21)24-9-8-22(30(2,3)37)16-25(24)36(26)29(19-10-12-38-13-11-19)20-6-5-7-23(31)14-20/h2*5-9,14-17,19,29,37H,10-13H2,1-4H3. The lowest BCUT2D eigenvalue weighted by Crippen LogP contribution is -2.27. The summed E-state index contributed by atoms with van der Waals surface area (Å²) in [5, 5.41) is 42.3. The Morgan fingerprint density at radius 1 is 0.539 bits per heavy atom. The first-order valence-corrected chi connectivity index (χ1v) is 26.9. The molecule has 0 saturated carbocycles. The predicted octanol–water partition coefficient (Wildman–Crippen LogP) is 12.4. The number of hydrogen-bond donors (Lipinski definition) is 2. The minimum absolute atomic E-state index is 0.0115. The summed E-state index contributed by atoms with van der Waals surface area (Å²) in [5.74, 6) is 0.686. The molecule has 6 aromatic heterocycles. The van der Waals surface area contributed by atoms with Gasteiger partial charge in [0.15, 0.2) is 0 Å². The molecule has 10 aromatic rings. The fraction of sp³-hybridized carbons (Fsp3) is 0.367. The molecule has 2 fully saturated rings. The number of rotatable bonds is 10. The highest BCUT2D eigenvalue weighted by Gasteiger charge is 2.34. The lowest BCUT2D eigenvalue weighted by Gasteiger charge is -2.33. The zero-order chi connectivity index (χ0) is 53.2. The van der Waals surface area contributed by atoms with Crippen LogP contribution in [-0.4, -0.2) is 85.7 Å². The molecule has 0 amide bonds. The molecule has 392 valence electrons. The summed E-state index contributed by atoms with van der Waals surface area (Å²) in [7, 11) is 3.81. The lowest BCUT2D eigenvalue weighted by molar-refractivity contribution is 0.0551. The molecule has 2 saturated heterocycles. The molecule has 2 aliphatic rings. The number of pyridine rings is 2. The van der Waals surface area contributed by atoms with E-state index in [-0.39, 0.29) is 12.1 Å². The molecule has 0 aliphatic carbocycles. The van der Waals surface area contributed by atoms with Crippen LogP contribution >= 0.6 is 23.2 Å². The maximum atomic E-state index is 10.9. The Labute approximate surface area is 452 Å². The van der Waals surface area contributed by atoms with E-state index in [1.807, 2.05) is 104 Å². The van der Waals surface area contributed by atoms with Crippen molar-refractivity contribution in [2.75, 3.05) is 26.4 Å². The van der Waals surface area contributed by atoms with E-state index in [1.165, 1.54) is 0 Å². The Kier molecular flexibility index (Phi) is 13.9. The number of aromatic nitrogens is 10. The first-order valence-electron chi connectivity index (χ1n) is 26.2. The highest BCUT2D eigenvalue weighted by Crippen LogP contribution is 2.45. The van der Waals surface area contributed by atoms with Crippen molar-refractivity contribution >= 4 is 67.1 Å². The van der Waals surface area contributed by atoms with Gasteiger partial charge in [0, 0.05) is 84.9 Å². The van der Waals surface area contributed by atoms with E-state index in [0.29, 0.717) is 21.9 Å². The normalized spacial score (nSPS) is 15.9. The number of fused-ring (bicyclic) bond motifs is 6. The zero-order valence-corrected chi connectivity index (χ0v) is 45.8. The molecular weight excluding hydrogens is 996 g/mol. The summed E-state index contributed by atoms with van der Waals surface area (Å²) >= 11 is 13.1. The van der Waals surface area contributed by atoms with Crippen molar-refractivity contribution in [3.63, 3.8) is 0 Å². The topological polar surface area (TPSA) is 156 Å². The molecule has 2 N–H and O–H groups in total. The van der Waals surface area contributed by atoms with Crippen molar-refractivity contribution < 1.29 is 19.7 Å². The van der Waals surface area contributed by atoms with E-state index < -0.39 is 11.2 Å². The van der Waals surface area contributed by atoms with Crippen LogP contribution in [0.1, 0.15) is 99.1 Å². The molecule has 0 spiro atoms. The van der Waals surface area contributed by atoms with Gasteiger partial charge in [-0.15, -0.1) is 10.2 Å². The molecule has 8 heterocycles. The van der Waals surface area contributed by atoms with E-state index in [4.69, 9.17) is 42.6 Å². The molecule has 0 radical (unpaired) electrons. The Morgan fingerprint density at radius 3 is 1.28 bits per heavy atom. The predicted molar refractivity (Wildman–Crippen MR) is 301 cm³/mol. The third-order valence-electron chi connectivity index (χ3n) is 15.6. The van der Waals surface area contributed by atoms with Crippen LogP contribution in [0.4, 0.5) is 0 Å². The second kappa shape index (κ2) is 20.5. The molecule has 2 unspecified atom stereocenters. The second-order valence-corrected chi connectivity index (χ2v) is 22.6. The number of aryl methyl sites for hydroxylation is 4. The van der Waals surface area contributed by atoms with Gasteiger partial charge in [-0.25, -0.2) is 9.36 Å². The summed E-state index contributed by atoms with van der Waals surface area (Å²) in [4.78, 5) is 9.99. The van der Waals surface area contributed by atoms with Crippen molar-refractivity contribution in [2.45, 2.75) is 90.5 Å². The van der Waals surface area contributed by atoms with Crippen molar-refractivity contribution in [1.82, 2.24) is 49.1 Å². The van der Waals surface area contributed by atoms with Crippen LogP contribution in [-0.2, 0) is 34.8 Å². The van der Waals surface area contributed by atoms with E-state index in [9.17, 15) is 10.2 Å². The largest absolute Gasteiger partial charge is 0.386 e. The van der Waals surface area contributed by atoms with Crippen molar-refractivity contribution in [3.05, 3.63) is 153 Å². The van der Waals surface area contributed by atoms with Crippen LogP contribution in [0.25, 0.3) is 66.4 Å². The Hall–Kier alpha value is -6.52. The maximum Gasteiger partial charge on any atom is 0.0960 e. The molecule has 2 aliphatic heterocycles. The summed E-state index contributed by atoms with van der Waals surface area (Å²) in [6.07, 6.45) is 7.60. The molecular formula is C60H64Cl2N10O4. The van der Waals surface area contributed by atoms with E-state index >= 15 is 0 Å². The van der Waals surface area contributed by atoms with E-state index in [0.717, 1.165) is 152 Å². The monoisotopic (exact) mass is 1060 g/mol. The molecule has 0 bridgehead atoms. The van der Waals surface area contributed by atoms with Gasteiger partial charge in [-0.2, -0.15) is 0 Å². The van der Waals surface area contributed by atoms with Crippen LogP contribution in [0.5, 0.6) is 0 Å². The maximum absolute atomic E-state index is 10.9. The summed E-state index contributed by atoms with van der Waals surface area (Å²) in [5.41, 5.74) is 13.6. The summed E-state index contributed by atoms with van der Waals surface area (Å²) < 4.78 is 19.9. The van der Waals surface area contributed by atoms with Crippen molar-refractivity contribution in [1.29, 1.82) is 0 Å². The average Bonchev–Trinajstić information content (AvgIpc) is 4.23. The van der Waals surface area contributed by atoms with Gasteiger partial charge < -0.3 is 28.8 Å². The molecule has 12 rings (SSSR count). The van der Waals surface area contributed by atoms with Gasteiger partial charge in [0.2, 0.25) is 0 Å². The smallest absolute Gasteiger partial charge is 0.0960 e. The van der Waals surface area contributed by atoms with Crippen molar-refractivity contribution in [3.8, 4) is 22.5 Å². The minimum atomic E-state index is -0.976. The third-order valence-corrected chi connectivity index (χ3v) is 16.1. The first kappa shape index (κ1) is 51.6. The number of nitrogens with zero attached hydrogens (tertiary/aromatic N) is 10. The lowest BCUT2D eigenvalue weighted by atomic mass is 9.86. The highest BCUT2D eigenvalue weighted by atomic mass is 35.5. The van der Waals surface area contributed by atoms with E-state index in [1.54, 1.807) is 9.36 Å².